The summed E-state index contributed by atoms with van der Waals surface area (Å²) in [5.74, 6) is 0.155. The van der Waals surface area contributed by atoms with E-state index in [1.165, 1.54) is 11.3 Å². The van der Waals surface area contributed by atoms with E-state index in [9.17, 15) is 16.8 Å². The highest BCUT2D eigenvalue weighted by molar-refractivity contribution is 7.91. The van der Waals surface area contributed by atoms with Gasteiger partial charge < -0.3 is 0 Å². The molecule has 1 saturated heterocycles. The summed E-state index contributed by atoms with van der Waals surface area (Å²) >= 11 is 1.44. The van der Waals surface area contributed by atoms with E-state index < -0.39 is 19.9 Å². The molecule has 0 spiro atoms. The Balaban J connectivity index is 1.53. The zero-order valence-electron chi connectivity index (χ0n) is 12.6. The molecule has 1 fully saturated rings. The third kappa shape index (κ3) is 4.28. The van der Waals surface area contributed by atoms with Crippen LogP contribution in [0.4, 0.5) is 0 Å². The van der Waals surface area contributed by atoms with Gasteiger partial charge in [-0.15, -0.1) is 0 Å². The largest absolute Gasteiger partial charge is 0.229 e. The van der Waals surface area contributed by atoms with Crippen LogP contribution < -0.4 is 4.72 Å². The smallest absolute Gasteiger partial charge is 0.212 e. The molecular weight excluding hydrogens is 360 g/mol. The summed E-state index contributed by atoms with van der Waals surface area (Å²) in [5.41, 5.74) is 0.607. The van der Waals surface area contributed by atoms with Crippen LogP contribution in [0.25, 0.3) is 4.96 Å². The minimum absolute atomic E-state index is 0.0540. The van der Waals surface area contributed by atoms with Gasteiger partial charge in [0.2, 0.25) is 15.0 Å². The van der Waals surface area contributed by atoms with Crippen LogP contribution in [-0.4, -0.2) is 48.7 Å². The predicted molar refractivity (Wildman–Crippen MR) is 87.6 cm³/mol. The number of sulfonamides is 1. The highest BCUT2D eigenvalue weighted by Gasteiger charge is 2.28. The molecule has 2 aromatic rings. The molecule has 0 aromatic carbocycles. The second kappa shape index (κ2) is 6.11. The van der Waals surface area contributed by atoms with E-state index in [0.717, 1.165) is 9.97 Å². The Morgan fingerprint density at radius 1 is 1.48 bits per heavy atom. The first-order chi connectivity index (χ1) is 10.7. The molecule has 2 aromatic heterocycles. The van der Waals surface area contributed by atoms with Crippen molar-refractivity contribution in [3.63, 3.8) is 0 Å². The number of imidazole rings is 1. The SMILES string of the molecule is Cc1nn2cc(CNS(=O)(=O)CCC3CCS(=O)(=O)C3)nc2s1. The van der Waals surface area contributed by atoms with E-state index in [1.807, 2.05) is 6.92 Å². The Bertz CT molecular complexity index is 882. The Kier molecular flexibility index (Phi) is 4.47. The van der Waals surface area contributed by atoms with E-state index in [0.29, 0.717) is 18.5 Å². The van der Waals surface area contributed by atoms with E-state index in [-0.39, 0.29) is 29.7 Å². The van der Waals surface area contributed by atoms with Crippen LogP contribution in [-0.2, 0) is 26.4 Å². The monoisotopic (exact) mass is 378 g/mol. The molecule has 128 valence electrons. The predicted octanol–water partition coefficient (Wildman–Crippen LogP) is 0.343. The molecule has 0 amide bonds. The molecule has 8 nitrogen and oxygen atoms in total. The third-order valence-electron chi connectivity index (χ3n) is 3.79. The van der Waals surface area contributed by atoms with Crippen LogP contribution in [0.3, 0.4) is 0 Å². The summed E-state index contributed by atoms with van der Waals surface area (Å²) in [5, 5.41) is 5.11. The average molecular weight is 379 g/mol. The van der Waals surface area contributed by atoms with Gasteiger partial charge in [-0.1, -0.05) is 11.3 Å². The van der Waals surface area contributed by atoms with Gasteiger partial charge in [-0.25, -0.2) is 31.1 Å². The number of nitrogens with zero attached hydrogens (tertiary/aromatic N) is 3. The normalized spacial score (nSPS) is 21.2. The van der Waals surface area contributed by atoms with Gasteiger partial charge in [0.1, 0.15) is 5.01 Å². The summed E-state index contributed by atoms with van der Waals surface area (Å²) in [4.78, 5) is 5.04. The number of rotatable bonds is 6. The van der Waals surface area contributed by atoms with Crippen LogP contribution in [0.2, 0.25) is 0 Å². The number of hydrogen-bond donors (Lipinski definition) is 1. The Labute approximate surface area is 138 Å². The van der Waals surface area contributed by atoms with Crippen LogP contribution >= 0.6 is 11.3 Å². The molecule has 1 aliphatic rings. The summed E-state index contributed by atoms with van der Waals surface area (Å²) in [6, 6.07) is 0. The van der Waals surface area contributed by atoms with Crippen LogP contribution in [0.5, 0.6) is 0 Å². The molecular formula is C12H18N4O4S3. The maximum absolute atomic E-state index is 12.0. The first-order valence-corrected chi connectivity index (χ1v) is 11.5. The van der Waals surface area contributed by atoms with Gasteiger partial charge in [0.15, 0.2) is 9.84 Å². The Morgan fingerprint density at radius 3 is 2.91 bits per heavy atom. The molecule has 0 saturated carbocycles. The van der Waals surface area contributed by atoms with Crippen molar-refractivity contribution in [2.45, 2.75) is 26.3 Å². The van der Waals surface area contributed by atoms with Crippen molar-refractivity contribution in [3.8, 4) is 0 Å². The van der Waals surface area contributed by atoms with Crippen LogP contribution in [0, 0.1) is 12.8 Å². The molecule has 0 aliphatic carbocycles. The number of aromatic nitrogens is 3. The lowest BCUT2D eigenvalue weighted by Crippen LogP contribution is -2.27. The van der Waals surface area contributed by atoms with Gasteiger partial charge in [0.05, 0.1) is 35.7 Å². The van der Waals surface area contributed by atoms with Gasteiger partial charge >= 0.3 is 0 Å². The van der Waals surface area contributed by atoms with Crippen molar-refractivity contribution in [2.75, 3.05) is 17.3 Å². The summed E-state index contributed by atoms with van der Waals surface area (Å²) in [6.45, 7) is 1.99. The highest BCUT2D eigenvalue weighted by Crippen LogP contribution is 2.22. The highest BCUT2D eigenvalue weighted by atomic mass is 32.2. The number of hydrogen-bond acceptors (Lipinski definition) is 7. The molecule has 0 bridgehead atoms. The average Bonchev–Trinajstić information content (AvgIpc) is 3.07. The standard InChI is InChI=1S/C12H18N4O4S3/c1-9-15-16-7-11(14-12(16)21-9)6-13-23(19,20)5-3-10-2-4-22(17,18)8-10/h7,10,13H,2-6,8H2,1H3. The first-order valence-electron chi connectivity index (χ1n) is 7.22. The lowest BCUT2D eigenvalue weighted by Gasteiger charge is -2.08. The number of fused-ring (bicyclic) bond motifs is 1. The Morgan fingerprint density at radius 2 is 2.26 bits per heavy atom. The lowest BCUT2D eigenvalue weighted by molar-refractivity contribution is 0.543. The number of aryl methyl sites for hydroxylation is 1. The quantitative estimate of drug-likeness (QED) is 0.776. The van der Waals surface area contributed by atoms with Crippen molar-refractivity contribution in [3.05, 3.63) is 16.9 Å². The lowest BCUT2D eigenvalue weighted by atomic mass is 10.1. The van der Waals surface area contributed by atoms with Crippen molar-refractivity contribution >= 4 is 36.2 Å². The van der Waals surface area contributed by atoms with E-state index >= 15 is 0 Å². The zero-order chi connectivity index (χ0) is 16.7. The van der Waals surface area contributed by atoms with Crippen molar-refractivity contribution < 1.29 is 16.8 Å². The minimum Gasteiger partial charge on any atom is -0.229 e. The summed E-state index contributed by atoms with van der Waals surface area (Å²) < 4.78 is 50.9. The van der Waals surface area contributed by atoms with Gasteiger partial charge in [0, 0.05) is 0 Å². The second-order valence-corrected chi connectivity index (χ2v) is 11.1. The fraction of sp³-hybridized carbons (Fsp3) is 0.667. The van der Waals surface area contributed by atoms with Gasteiger partial charge in [0.25, 0.3) is 0 Å². The molecule has 0 radical (unpaired) electrons. The molecule has 1 atom stereocenters. The minimum atomic E-state index is -3.44. The van der Waals surface area contributed by atoms with Crippen LogP contribution in [0.1, 0.15) is 23.5 Å². The third-order valence-corrected chi connectivity index (χ3v) is 7.82. The molecule has 23 heavy (non-hydrogen) atoms. The Hall–Kier alpha value is -1.04. The topological polar surface area (TPSA) is 110 Å². The number of sulfone groups is 1. The summed E-state index contributed by atoms with van der Waals surface area (Å²) in [7, 11) is -6.41. The van der Waals surface area contributed by atoms with Gasteiger partial charge in [-0.05, 0) is 25.7 Å². The summed E-state index contributed by atoms with van der Waals surface area (Å²) in [6.07, 6.45) is 2.62. The van der Waals surface area contributed by atoms with Crippen molar-refractivity contribution in [2.24, 2.45) is 5.92 Å². The second-order valence-electron chi connectivity index (χ2n) is 5.78. The first kappa shape index (κ1) is 16.8. The molecule has 1 aliphatic heterocycles. The van der Waals surface area contributed by atoms with Crippen molar-refractivity contribution in [1.82, 2.24) is 19.3 Å². The van der Waals surface area contributed by atoms with E-state index in [2.05, 4.69) is 14.8 Å². The van der Waals surface area contributed by atoms with E-state index in [4.69, 9.17) is 0 Å². The molecule has 1 unspecified atom stereocenters. The van der Waals surface area contributed by atoms with Crippen LogP contribution in [0.15, 0.2) is 6.20 Å². The molecule has 3 heterocycles. The molecule has 11 heteroatoms. The number of nitrogens with one attached hydrogen (secondary N) is 1. The fourth-order valence-corrected chi connectivity index (χ4v) is 6.42. The molecule has 1 N–H and O–H groups in total. The van der Waals surface area contributed by atoms with Gasteiger partial charge in [-0.3, -0.25) is 0 Å². The fourth-order valence-electron chi connectivity index (χ4n) is 2.61. The van der Waals surface area contributed by atoms with E-state index in [1.54, 1.807) is 10.7 Å². The van der Waals surface area contributed by atoms with Crippen molar-refractivity contribution in [1.29, 1.82) is 0 Å². The maximum atomic E-state index is 12.0. The zero-order valence-corrected chi connectivity index (χ0v) is 15.0. The van der Waals surface area contributed by atoms with Gasteiger partial charge in [-0.2, -0.15) is 5.10 Å². The molecule has 3 rings (SSSR count). The maximum Gasteiger partial charge on any atom is 0.212 e.